The first-order chi connectivity index (χ1) is 11.4. The van der Waals surface area contributed by atoms with Crippen LogP contribution in [-0.2, 0) is 21.2 Å². The number of carbonyl (C=O) groups excluding carboxylic acids is 1. The highest BCUT2D eigenvalue weighted by molar-refractivity contribution is 9.10. The van der Waals surface area contributed by atoms with Gasteiger partial charge in [-0.2, -0.15) is 0 Å². The minimum atomic E-state index is -3.51. The Hall–Kier alpha value is -1.70. The molecular formula is C17H19BrN2O3S. The first-order valence-corrected chi connectivity index (χ1v) is 9.87. The smallest absolute Gasteiger partial charge is 0.239 e. The number of nitrogens with one attached hydrogen (secondary N) is 2. The van der Waals surface area contributed by atoms with Gasteiger partial charge >= 0.3 is 0 Å². The van der Waals surface area contributed by atoms with Gasteiger partial charge in [-0.05, 0) is 48.7 Å². The van der Waals surface area contributed by atoms with Crippen LogP contribution in [0, 0.1) is 6.92 Å². The summed E-state index contributed by atoms with van der Waals surface area (Å²) in [5, 5.41) is 2.64. The van der Waals surface area contributed by atoms with Gasteiger partial charge in [0.05, 0.1) is 12.3 Å². The van der Waals surface area contributed by atoms with Crippen LogP contribution in [0.2, 0.25) is 0 Å². The summed E-state index contributed by atoms with van der Waals surface area (Å²) in [6, 6.07) is 14.7. The van der Waals surface area contributed by atoms with Gasteiger partial charge in [-0.3, -0.25) is 4.79 Å². The summed E-state index contributed by atoms with van der Waals surface area (Å²) < 4.78 is 27.3. The number of hydrogen-bond acceptors (Lipinski definition) is 3. The van der Waals surface area contributed by atoms with Gasteiger partial charge < -0.3 is 5.32 Å². The Balaban J connectivity index is 1.82. The number of benzene rings is 2. The molecule has 128 valence electrons. The second-order valence-corrected chi connectivity index (χ2v) is 8.21. The zero-order valence-corrected chi connectivity index (χ0v) is 15.7. The fourth-order valence-corrected chi connectivity index (χ4v) is 3.37. The maximum absolute atomic E-state index is 12.0. The standard InChI is InChI=1S/C17H19BrN2O3S/c1-13-4-2-3-5-14(13)10-11-24(22,23)19-12-17(21)20-16-8-6-15(18)7-9-16/h2-9,19H,10-12H2,1H3,(H,20,21). The molecule has 2 aromatic rings. The van der Waals surface area contributed by atoms with Gasteiger partial charge in [0.25, 0.3) is 0 Å². The lowest BCUT2D eigenvalue weighted by Gasteiger charge is -2.09. The normalized spacial score (nSPS) is 11.2. The molecule has 2 N–H and O–H groups in total. The van der Waals surface area contributed by atoms with Crippen LogP contribution in [0.5, 0.6) is 0 Å². The van der Waals surface area contributed by atoms with Crippen LogP contribution in [0.15, 0.2) is 53.0 Å². The lowest BCUT2D eigenvalue weighted by Crippen LogP contribution is -2.34. The third-order valence-electron chi connectivity index (χ3n) is 3.48. The van der Waals surface area contributed by atoms with E-state index in [4.69, 9.17) is 0 Å². The van der Waals surface area contributed by atoms with E-state index >= 15 is 0 Å². The molecular weight excluding hydrogens is 392 g/mol. The number of amides is 1. The molecule has 1 amide bonds. The van der Waals surface area contributed by atoms with Gasteiger partial charge in [-0.1, -0.05) is 40.2 Å². The van der Waals surface area contributed by atoms with E-state index in [-0.39, 0.29) is 12.3 Å². The summed E-state index contributed by atoms with van der Waals surface area (Å²) in [6.07, 6.45) is 0.413. The van der Waals surface area contributed by atoms with Gasteiger partial charge in [-0.15, -0.1) is 0 Å². The van der Waals surface area contributed by atoms with E-state index in [1.165, 1.54) is 0 Å². The van der Waals surface area contributed by atoms with Crippen molar-refractivity contribution in [1.82, 2.24) is 4.72 Å². The lowest BCUT2D eigenvalue weighted by atomic mass is 10.1. The van der Waals surface area contributed by atoms with Crippen molar-refractivity contribution in [1.29, 1.82) is 0 Å². The molecule has 0 aliphatic carbocycles. The Kier molecular flexibility index (Phi) is 6.53. The third kappa shape index (κ3) is 6.07. The summed E-state index contributed by atoms with van der Waals surface area (Å²) in [4.78, 5) is 11.8. The van der Waals surface area contributed by atoms with Crippen molar-refractivity contribution >= 4 is 37.5 Å². The fraction of sp³-hybridized carbons (Fsp3) is 0.235. The van der Waals surface area contributed by atoms with Crippen LogP contribution in [0.25, 0.3) is 0 Å². The molecule has 0 aliphatic rings. The summed E-state index contributed by atoms with van der Waals surface area (Å²) in [5.41, 5.74) is 2.66. The van der Waals surface area contributed by atoms with E-state index in [0.29, 0.717) is 12.1 Å². The maximum Gasteiger partial charge on any atom is 0.239 e. The van der Waals surface area contributed by atoms with Crippen molar-refractivity contribution in [2.45, 2.75) is 13.3 Å². The van der Waals surface area contributed by atoms with Crippen molar-refractivity contribution in [3.8, 4) is 0 Å². The highest BCUT2D eigenvalue weighted by Crippen LogP contribution is 2.14. The van der Waals surface area contributed by atoms with Crippen LogP contribution in [0.3, 0.4) is 0 Å². The Morgan fingerprint density at radius 1 is 1.08 bits per heavy atom. The summed E-state index contributed by atoms with van der Waals surface area (Å²) in [6.45, 7) is 1.66. The first-order valence-electron chi connectivity index (χ1n) is 7.43. The maximum atomic E-state index is 12.0. The predicted molar refractivity (Wildman–Crippen MR) is 99.4 cm³/mol. The molecule has 24 heavy (non-hydrogen) atoms. The van der Waals surface area contributed by atoms with E-state index in [9.17, 15) is 13.2 Å². The average molecular weight is 411 g/mol. The van der Waals surface area contributed by atoms with Crippen LogP contribution in [-0.4, -0.2) is 26.6 Å². The third-order valence-corrected chi connectivity index (χ3v) is 5.34. The SMILES string of the molecule is Cc1ccccc1CCS(=O)(=O)NCC(=O)Nc1ccc(Br)cc1. The molecule has 2 rings (SSSR count). The Morgan fingerprint density at radius 2 is 1.75 bits per heavy atom. The van der Waals surface area contributed by atoms with E-state index < -0.39 is 15.9 Å². The first kappa shape index (κ1) is 18.6. The second kappa shape index (κ2) is 8.41. The number of carbonyl (C=O) groups is 1. The van der Waals surface area contributed by atoms with Crippen molar-refractivity contribution < 1.29 is 13.2 Å². The number of anilines is 1. The van der Waals surface area contributed by atoms with Crippen molar-refractivity contribution in [3.63, 3.8) is 0 Å². The molecule has 0 saturated carbocycles. The van der Waals surface area contributed by atoms with Gasteiger partial charge in [0.15, 0.2) is 0 Å². The van der Waals surface area contributed by atoms with Crippen molar-refractivity contribution in [2.75, 3.05) is 17.6 Å². The van der Waals surface area contributed by atoms with Crippen LogP contribution < -0.4 is 10.0 Å². The number of rotatable bonds is 7. The quantitative estimate of drug-likeness (QED) is 0.736. The van der Waals surface area contributed by atoms with Gasteiger partial charge in [-0.25, -0.2) is 13.1 Å². The van der Waals surface area contributed by atoms with Gasteiger partial charge in [0, 0.05) is 10.2 Å². The minimum absolute atomic E-state index is 0.0522. The molecule has 5 nitrogen and oxygen atoms in total. The minimum Gasteiger partial charge on any atom is -0.325 e. The average Bonchev–Trinajstić information content (AvgIpc) is 2.55. The molecule has 0 fully saturated rings. The number of hydrogen-bond donors (Lipinski definition) is 2. The van der Waals surface area contributed by atoms with E-state index in [2.05, 4.69) is 26.0 Å². The Bertz CT molecular complexity index is 805. The highest BCUT2D eigenvalue weighted by atomic mass is 79.9. The highest BCUT2D eigenvalue weighted by Gasteiger charge is 2.13. The lowest BCUT2D eigenvalue weighted by molar-refractivity contribution is -0.115. The summed E-state index contributed by atoms with van der Waals surface area (Å²) in [7, 11) is -3.51. The summed E-state index contributed by atoms with van der Waals surface area (Å²) >= 11 is 3.31. The molecule has 0 unspecified atom stereocenters. The topological polar surface area (TPSA) is 75.3 Å². The van der Waals surface area contributed by atoms with Crippen molar-refractivity contribution in [3.05, 3.63) is 64.1 Å². The Labute approximate surface area is 150 Å². The predicted octanol–water partition coefficient (Wildman–Crippen LogP) is 2.86. The Morgan fingerprint density at radius 3 is 2.42 bits per heavy atom. The summed E-state index contributed by atoms with van der Waals surface area (Å²) in [5.74, 6) is -0.458. The fourth-order valence-electron chi connectivity index (χ4n) is 2.12. The van der Waals surface area contributed by atoms with Gasteiger partial charge in [0.2, 0.25) is 15.9 Å². The van der Waals surface area contributed by atoms with Crippen LogP contribution in [0.1, 0.15) is 11.1 Å². The molecule has 0 aromatic heterocycles. The van der Waals surface area contributed by atoms with Crippen molar-refractivity contribution in [2.24, 2.45) is 0 Å². The number of halogens is 1. The largest absolute Gasteiger partial charge is 0.325 e. The molecule has 0 bridgehead atoms. The molecule has 2 aromatic carbocycles. The van der Waals surface area contributed by atoms with Crippen LogP contribution in [0.4, 0.5) is 5.69 Å². The molecule has 0 radical (unpaired) electrons. The molecule has 0 saturated heterocycles. The second-order valence-electron chi connectivity index (χ2n) is 5.37. The van der Waals surface area contributed by atoms with E-state index in [0.717, 1.165) is 15.6 Å². The number of sulfonamides is 1. The van der Waals surface area contributed by atoms with Gasteiger partial charge in [0.1, 0.15) is 0 Å². The molecule has 0 heterocycles. The van der Waals surface area contributed by atoms with E-state index in [1.54, 1.807) is 24.3 Å². The van der Waals surface area contributed by atoms with E-state index in [1.807, 2.05) is 31.2 Å². The van der Waals surface area contributed by atoms with Crippen LogP contribution >= 0.6 is 15.9 Å². The zero-order chi connectivity index (χ0) is 17.6. The molecule has 7 heteroatoms. The zero-order valence-electron chi connectivity index (χ0n) is 13.3. The molecule has 0 spiro atoms. The molecule has 0 atom stereocenters. The number of aryl methyl sites for hydroxylation is 2. The molecule has 0 aliphatic heterocycles. The monoisotopic (exact) mass is 410 g/mol.